The van der Waals surface area contributed by atoms with Crippen LogP contribution in [0.5, 0.6) is 0 Å². The molecule has 6 nitrogen and oxygen atoms in total. The summed E-state index contributed by atoms with van der Waals surface area (Å²) in [4.78, 5) is 23.9. The lowest BCUT2D eigenvalue weighted by atomic mass is 9.96. The van der Waals surface area contributed by atoms with Crippen molar-refractivity contribution < 1.29 is 4.79 Å². The Hall–Kier alpha value is -2.46. The van der Waals surface area contributed by atoms with Gasteiger partial charge in [-0.1, -0.05) is 6.07 Å². The molecule has 1 saturated heterocycles. The normalized spacial score (nSPS) is 15.0. The van der Waals surface area contributed by atoms with E-state index in [2.05, 4.69) is 32.8 Å². The minimum absolute atomic E-state index is 0.0341. The topological polar surface area (TPSA) is 81.9 Å². The van der Waals surface area contributed by atoms with E-state index in [-0.39, 0.29) is 11.8 Å². The van der Waals surface area contributed by atoms with Crippen LogP contribution >= 0.6 is 11.3 Å². The number of rotatable bonds is 5. The summed E-state index contributed by atoms with van der Waals surface area (Å²) in [7, 11) is 0. The fourth-order valence-corrected chi connectivity index (χ4v) is 3.61. The van der Waals surface area contributed by atoms with E-state index in [1.165, 1.54) is 11.1 Å². The second-order valence-electron chi connectivity index (χ2n) is 5.72. The smallest absolute Gasteiger partial charge is 0.223 e. The van der Waals surface area contributed by atoms with Gasteiger partial charge in [-0.25, -0.2) is 9.97 Å². The van der Waals surface area contributed by atoms with Crippen LogP contribution in [0, 0.1) is 17.2 Å². The Morgan fingerprint density at radius 1 is 1.38 bits per heavy atom. The maximum atomic E-state index is 12.3. The van der Waals surface area contributed by atoms with Gasteiger partial charge in [0.1, 0.15) is 6.07 Å². The summed E-state index contributed by atoms with van der Waals surface area (Å²) >= 11 is 1.71. The number of anilines is 1. The molecule has 1 fully saturated rings. The average Bonchev–Trinajstić information content (AvgIpc) is 3.15. The van der Waals surface area contributed by atoms with Gasteiger partial charge in [-0.3, -0.25) is 4.79 Å². The van der Waals surface area contributed by atoms with Crippen LogP contribution in [0.15, 0.2) is 29.9 Å². The van der Waals surface area contributed by atoms with Gasteiger partial charge in [0.05, 0.1) is 0 Å². The summed E-state index contributed by atoms with van der Waals surface area (Å²) in [5, 5.41) is 14.2. The first kappa shape index (κ1) is 16.4. The zero-order chi connectivity index (χ0) is 16.8. The Morgan fingerprint density at radius 2 is 2.17 bits per heavy atom. The lowest BCUT2D eigenvalue weighted by Gasteiger charge is -2.32. The van der Waals surface area contributed by atoms with Crippen molar-refractivity contribution in [2.24, 2.45) is 5.92 Å². The van der Waals surface area contributed by atoms with Crippen molar-refractivity contribution in [2.75, 3.05) is 24.5 Å². The maximum absolute atomic E-state index is 12.3. The second kappa shape index (κ2) is 7.88. The predicted octanol–water partition coefficient (Wildman–Crippen LogP) is 1.99. The third-order valence-corrected chi connectivity index (χ3v) is 5.14. The summed E-state index contributed by atoms with van der Waals surface area (Å²) in [5.41, 5.74) is 0.344. The minimum atomic E-state index is 0.0341. The molecule has 0 spiro atoms. The Balaban J connectivity index is 1.48. The molecule has 0 aromatic carbocycles. The molecule has 1 amide bonds. The molecule has 0 bridgehead atoms. The van der Waals surface area contributed by atoms with Crippen LogP contribution < -0.4 is 10.2 Å². The zero-order valence-corrected chi connectivity index (χ0v) is 14.1. The van der Waals surface area contributed by atoms with Crippen LogP contribution in [0.25, 0.3) is 0 Å². The van der Waals surface area contributed by atoms with Gasteiger partial charge in [0, 0.05) is 42.8 Å². The Kier molecular flexibility index (Phi) is 5.39. The molecule has 2 aromatic rings. The molecule has 3 rings (SSSR count). The number of aromatic nitrogens is 2. The van der Waals surface area contributed by atoms with E-state index in [1.807, 2.05) is 11.0 Å². The van der Waals surface area contributed by atoms with Gasteiger partial charge in [-0.2, -0.15) is 5.26 Å². The fraction of sp³-hybridized carbons (Fsp3) is 0.412. The third kappa shape index (κ3) is 3.89. The highest BCUT2D eigenvalue weighted by Crippen LogP contribution is 2.23. The Labute approximate surface area is 145 Å². The first-order chi connectivity index (χ1) is 11.8. The lowest BCUT2D eigenvalue weighted by Crippen LogP contribution is -2.41. The van der Waals surface area contributed by atoms with Crippen LogP contribution in [-0.2, 0) is 11.2 Å². The van der Waals surface area contributed by atoms with Crippen molar-refractivity contribution in [1.82, 2.24) is 15.3 Å². The molecule has 0 atom stereocenters. The number of amides is 1. The van der Waals surface area contributed by atoms with Gasteiger partial charge < -0.3 is 10.2 Å². The standard InChI is InChI=1S/C17H19N5OS/c18-12-15-16(20-8-7-19-15)22-9-4-13(5-10-22)17(23)21-6-3-14-2-1-11-24-14/h1-2,7-8,11,13H,3-6,9-10H2,(H,21,23). The van der Waals surface area contributed by atoms with E-state index < -0.39 is 0 Å². The number of nitrogens with zero attached hydrogens (tertiary/aromatic N) is 4. The molecule has 3 heterocycles. The van der Waals surface area contributed by atoms with E-state index in [9.17, 15) is 4.79 Å². The number of nitriles is 1. The van der Waals surface area contributed by atoms with E-state index >= 15 is 0 Å². The first-order valence-corrected chi connectivity index (χ1v) is 8.92. The first-order valence-electron chi connectivity index (χ1n) is 8.04. The molecule has 1 aliphatic rings. The van der Waals surface area contributed by atoms with E-state index in [1.54, 1.807) is 17.5 Å². The summed E-state index contributed by atoms with van der Waals surface area (Å²) < 4.78 is 0. The second-order valence-corrected chi connectivity index (χ2v) is 6.75. The summed E-state index contributed by atoms with van der Waals surface area (Å²) in [6.45, 7) is 2.12. The van der Waals surface area contributed by atoms with Crippen LogP contribution in [0.4, 0.5) is 5.82 Å². The molecule has 0 saturated carbocycles. The maximum Gasteiger partial charge on any atom is 0.223 e. The van der Waals surface area contributed by atoms with Gasteiger partial charge in [0.25, 0.3) is 0 Å². The van der Waals surface area contributed by atoms with E-state index in [0.717, 1.165) is 32.4 Å². The molecular weight excluding hydrogens is 322 g/mol. The monoisotopic (exact) mass is 341 g/mol. The van der Waals surface area contributed by atoms with E-state index in [0.29, 0.717) is 18.1 Å². The summed E-state index contributed by atoms with van der Waals surface area (Å²) in [5.74, 6) is 0.786. The van der Waals surface area contributed by atoms with Crippen molar-refractivity contribution in [3.05, 3.63) is 40.5 Å². The van der Waals surface area contributed by atoms with Gasteiger partial charge in [-0.15, -0.1) is 11.3 Å². The number of carbonyl (C=O) groups is 1. The van der Waals surface area contributed by atoms with Crippen molar-refractivity contribution in [3.63, 3.8) is 0 Å². The number of hydrogen-bond donors (Lipinski definition) is 1. The molecule has 1 N–H and O–H groups in total. The van der Waals surface area contributed by atoms with Crippen LogP contribution in [0.3, 0.4) is 0 Å². The molecule has 2 aromatic heterocycles. The molecule has 0 aliphatic carbocycles. The third-order valence-electron chi connectivity index (χ3n) is 4.20. The largest absolute Gasteiger partial charge is 0.355 e. The highest BCUT2D eigenvalue weighted by atomic mass is 32.1. The zero-order valence-electron chi connectivity index (χ0n) is 13.3. The SMILES string of the molecule is N#Cc1nccnc1N1CCC(C(=O)NCCc2cccs2)CC1. The van der Waals surface area contributed by atoms with Crippen LogP contribution in [-0.4, -0.2) is 35.5 Å². The molecular formula is C17H19N5OS. The fourth-order valence-electron chi connectivity index (χ4n) is 2.90. The lowest BCUT2D eigenvalue weighted by molar-refractivity contribution is -0.125. The van der Waals surface area contributed by atoms with Crippen molar-refractivity contribution >= 4 is 23.1 Å². The number of carbonyl (C=O) groups excluding carboxylic acids is 1. The molecule has 24 heavy (non-hydrogen) atoms. The molecule has 0 radical (unpaired) electrons. The van der Waals surface area contributed by atoms with Gasteiger partial charge in [0.15, 0.2) is 11.5 Å². The molecule has 7 heteroatoms. The van der Waals surface area contributed by atoms with Crippen molar-refractivity contribution in [2.45, 2.75) is 19.3 Å². The molecule has 124 valence electrons. The average molecular weight is 341 g/mol. The quantitative estimate of drug-likeness (QED) is 0.899. The number of thiophene rings is 1. The highest BCUT2D eigenvalue weighted by molar-refractivity contribution is 7.09. The summed E-state index contributed by atoms with van der Waals surface area (Å²) in [6.07, 6.45) is 5.54. The van der Waals surface area contributed by atoms with Gasteiger partial charge in [-0.05, 0) is 30.7 Å². The van der Waals surface area contributed by atoms with Gasteiger partial charge >= 0.3 is 0 Å². The Bertz CT molecular complexity index is 717. The molecule has 1 aliphatic heterocycles. The van der Waals surface area contributed by atoms with Crippen LogP contribution in [0.1, 0.15) is 23.4 Å². The van der Waals surface area contributed by atoms with Crippen molar-refractivity contribution in [3.8, 4) is 6.07 Å². The number of nitrogens with one attached hydrogen (secondary N) is 1. The highest BCUT2D eigenvalue weighted by Gasteiger charge is 2.26. The van der Waals surface area contributed by atoms with Gasteiger partial charge in [0.2, 0.25) is 5.91 Å². The summed E-state index contributed by atoms with van der Waals surface area (Å²) in [6, 6.07) is 6.19. The predicted molar refractivity (Wildman–Crippen MR) is 92.7 cm³/mol. The Morgan fingerprint density at radius 3 is 2.88 bits per heavy atom. The molecule has 0 unspecified atom stereocenters. The minimum Gasteiger partial charge on any atom is -0.355 e. The van der Waals surface area contributed by atoms with Crippen molar-refractivity contribution in [1.29, 1.82) is 5.26 Å². The number of piperidine rings is 1. The number of hydrogen-bond acceptors (Lipinski definition) is 6. The van der Waals surface area contributed by atoms with E-state index in [4.69, 9.17) is 5.26 Å². The van der Waals surface area contributed by atoms with Crippen LogP contribution in [0.2, 0.25) is 0 Å².